The number of ether oxygens (including phenoxy) is 1. The number of carbonyl (C=O) groups excluding carboxylic acids is 1. The maximum absolute atomic E-state index is 10.9. The zero-order chi connectivity index (χ0) is 12.7. The van der Waals surface area contributed by atoms with Crippen molar-refractivity contribution < 1.29 is 9.53 Å². The van der Waals surface area contributed by atoms with Gasteiger partial charge in [-0.05, 0) is 56.8 Å². The van der Waals surface area contributed by atoms with E-state index < -0.39 is 0 Å². The van der Waals surface area contributed by atoms with Gasteiger partial charge in [-0.25, -0.2) is 5.84 Å². The summed E-state index contributed by atoms with van der Waals surface area (Å²) in [4.78, 5) is 10.9. The minimum atomic E-state index is -0.146. The van der Waals surface area contributed by atoms with Crippen LogP contribution < -0.4 is 16.0 Å². The Morgan fingerprint density at radius 1 is 1.29 bits per heavy atom. The Morgan fingerprint density at radius 3 is 2.53 bits per heavy atom. The third kappa shape index (κ3) is 5.06. The molecule has 0 unspecified atom stereocenters. The number of para-hydroxylation sites is 1. The van der Waals surface area contributed by atoms with Crippen molar-refractivity contribution in [1.29, 1.82) is 0 Å². The molecule has 1 rings (SSSR count). The van der Waals surface area contributed by atoms with E-state index >= 15 is 0 Å². The van der Waals surface area contributed by atoms with Crippen LogP contribution in [-0.4, -0.2) is 12.5 Å². The molecule has 0 saturated carbocycles. The van der Waals surface area contributed by atoms with Gasteiger partial charge >= 0.3 is 0 Å². The largest absolute Gasteiger partial charge is 0.491 e. The second kappa shape index (κ2) is 7.68. The maximum Gasteiger partial charge on any atom is 0.233 e. The number of amides is 1. The van der Waals surface area contributed by atoms with Crippen molar-refractivity contribution in [2.45, 2.75) is 19.3 Å². The zero-order valence-electron chi connectivity index (χ0n) is 9.21. The number of nitrogens with two attached hydrogens (primary N) is 1. The summed E-state index contributed by atoms with van der Waals surface area (Å²) in [5.41, 5.74) is 2.10. The molecule has 0 atom stereocenters. The molecule has 0 heterocycles. The Labute approximate surface area is 117 Å². The third-order valence-corrected chi connectivity index (χ3v) is 3.37. The van der Waals surface area contributed by atoms with Gasteiger partial charge in [0.25, 0.3) is 0 Å². The molecule has 1 aromatic rings. The average Bonchev–Trinajstić information content (AvgIpc) is 2.31. The molecule has 0 aliphatic carbocycles. The van der Waals surface area contributed by atoms with Gasteiger partial charge in [0, 0.05) is 6.42 Å². The fraction of sp³-hybridized carbons (Fsp3) is 0.364. The van der Waals surface area contributed by atoms with Crippen molar-refractivity contribution >= 4 is 37.8 Å². The van der Waals surface area contributed by atoms with E-state index in [0.717, 1.165) is 27.5 Å². The summed E-state index contributed by atoms with van der Waals surface area (Å²) < 4.78 is 7.44. The van der Waals surface area contributed by atoms with Crippen LogP contribution in [0.5, 0.6) is 5.75 Å². The van der Waals surface area contributed by atoms with Crippen molar-refractivity contribution in [2.75, 3.05) is 6.61 Å². The van der Waals surface area contributed by atoms with Crippen molar-refractivity contribution in [2.24, 2.45) is 5.84 Å². The molecule has 0 aromatic heterocycles. The minimum absolute atomic E-state index is 0.146. The van der Waals surface area contributed by atoms with Crippen molar-refractivity contribution in [1.82, 2.24) is 5.43 Å². The van der Waals surface area contributed by atoms with E-state index in [1.807, 2.05) is 18.2 Å². The van der Waals surface area contributed by atoms with Gasteiger partial charge < -0.3 is 4.74 Å². The first kappa shape index (κ1) is 14.5. The number of nitrogens with one attached hydrogen (secondary N) is 1. The van der Waals surface area contributed by atoms with E-state index in [1.54, 1.807) is 0 Å². The lowest BCUT2D eigenvalue weighted by molar-refractivity contribution is -0.121. The summed E-state index contributed by atoms with van der Waals surface area (Å²) in [5.74, 6) is 5.62. The fourth-order valence-corrected chi connectivity index (χ4v) is 2.48. The number of carbonyl (C=O) groups is 1. The predicted octanol–water partition coefficient (Wildman–Crippen LogP) is 2.75. The van der Waals surface area contributed by atoms with Crippen LogP contribution in [0.4, 0.5) is 0 Å². The van der Waals surface area contributed by atoms with E-state index in [-0.39, 0.29) is 5.91 Å². The molecular weight excluding hydrogens is 352 g/mol. The lowest BCUT2D eigenvalue weighted by Gasteiger charge is -2.09. The van der Waals surface area contributed by atoms with Crippen molar-refractivity contribution in [3.05, 3.63) is 27.1 Å². The van der Waals surface area contributed by atoms with E-state index in [0.29, 0.717) is 13.0 Å². The Kier molecular flexibility index (Phi) is 6.54. The number of benzene rings is 1. The minimum Gasteiger partial charge on any atom is -0.491 e. The molecule has 0 fully saturated rings. The molecule has 0 saturated heterocycles. The molecule has 6 heteroatoms. The van der Waals surface area contributed by atoms with Crippen LogP contribution in [0, 0.1) is 0 Å². The highest BCUT2D eigenvalue weighted by molar-refractivity contribution is 9.11. The summed E-state index contributed by atoms with van der Waals surface area (Å²) in [5, 5.41) is 0. The molecule has 0 radical (unpaired) electrons. The third-order valence-electron chi connectivity index (χ3n) is 2.12. The molecule has 3 N–H and O–H groups in total. The van der Waals surface area contributed by atoms with Gasteiger partial charge in [-0.15, -0.1) is 0 Å². The highest BCUT2D eigenvalue weighted by atomic mass is 79.9. The molecule has 0 bridgehead atoms. The molecule has 17 heavy (non-hydrogen) atoms. The van der Waals surface area contributed by atoms with Gasteiger partial charge in [0.2, 0.25) is 5.91 Å². The molecule has 94 valence electrons. The number of hydrazine groups is 1. The van der Waals surface area contributed by atoms with Crippen LogP contribution in [0.1, 0.15) is 19.3 Å². The fourth-order valence-electron chi connectivity index (χ4n) is 1.25. The quantitative estimate of drug-likeness (QED) is 0.352. The van der Waals surface area contributed by atoms with E-state index in [1.165, 1.54) is 0 Å². The van der Waals surface area contributed by atoms with Crippen molar-refractivity contribution in [3.8, 4) is 5.75 Å². The topological polar surface area (TPSA) is 64.3 Å². The van der Waals surface area contributed by atoms with Crippen LogP contribution >= 0.6 is 31.9 Å². The van der Waals surface area contributed by atoms with Crippen LogP contribution in [0.3, 0.4) is 0 Å². The summed E-state index contributed by atoms with van der Waals surface area (Å²) in [7, 11) is 0. The molecular formula is C11H14Br2N2O2. The van der Waals surface area contributed by atoms with Gasteiger partial charge in [-0.3, -0.25) is 10.2 Å². The van der Waals surface area contributed by atoms with Crippen LogP contribution in [0.25, 0.3) is 0 Å². The Bertz CT molecular complexity index is 365. The standard InChI is InChI=1S/C11H14Br2N2O2/c12-8-4-3-5-9(13)11(8)17-7-2-1-6-10(16)15-14/h3-5H,1-2,6-7,14H2,(H,15,16). The van der Waals surface area contributed by atoms with Gasteiger partial charge in [0.1, 0.15) is 5.75 Å². The Balaban J connectivity index is 2.29. The predicted molar refractivity (Wildman–Crippen MR) is 73.5 cm³/mol. The highest BCUT2D eigenvalue weighted by Crippen LogP contribution is 2.32. The number of rotatable bonds is 6. The lowest BCUT2D eigenvalue weighted by atomic mass is 10.2. The maximum atomic E-state index is 10.9. The average molecular weight is 366 g/mol. The smallest absolute Gasteiger partial charge is 0.233 e. The van der Waals surface area contributed by atoms with Crippen LogP contribution in [0.15, 0.2) is 27.1 Å². The summed E-state index contributed by atoms with van der Waals surface area (Å²) >= 11 is 6.83. The zero-order valence-corrected chi connectivity index (χ0v) is 12.4. The number of halogens is 2. The SMILES string of the molecule is NNC(=O)CCCCOc1c(Br)cccc1Br. The first-order valence-corrected chi connectivity index (χ1v) is 6.80. The van der Waals surface area contributed by atoms with Gasteiger partial charge in [-0.1, -0.05) is 6.07 Å². The molecule has 0 spiro atoms. The first-order chi connectivity index (χ1) is 8.15. The van der Waals surface area contributed by atoms with Gasteiger partial charge in [-0.2, -0.15) is 0 Å². The first-order valence-electron chi connectivity index (χ1n) is 5.21. The second-order valence-corrected chi connectivity index (χ2v) is 5.13. The number of hydrogen-bond acceptors (Lipinski definition) is 3. The van der Waals surface area contributed by atoms with Crippen LogP contribution in [-0.2, 0) is 4.79 Å². The van der Waals surface area contributed by atoms with Gasteiger partial charge in [0.05, 0.1) is 15.6 Å². The second-order valence-electron chi connectivity index (χ2n) is 3.42. The molecule has 1 aromatic carbocycles. The number of unbranched alkanes of at least 4 members (excludes halogenated alkanes) is 1. The van der Waals surface area contributed by atoms with Crippen LogP contribution in [0.2, 0.25) is 0 Å². The molecule has 0 aliphatic heterocycles. The summed E-state index contributed by atoms with van der Waals surface area (Å²) in [6.45, 7) is 0.569. The lowest BCUT2D eigenvalue weighted by Crippen LogP contribution is -2.29. The normalized spacial score (nSPS) is 10.1. The Hall–Kier alpha value is -0.590. The monoisotopic (exact) mass is 364 g/mol. The Morgan fingerprint density at radius 2 is 1.94 bits per heavy atom. The van der Waals surface area contributed by atoms with E-state index in [4.69, 9.17) is 10.6 Å². The molecule has 4 nitrogen and oxygen atoms in total. The van der Waals surface area contributed by atoms with E-state index in [2.05, 4.69) is 37.3 Å². The molecule has 0 aliphatic rings. The number of hydrogen-bond donors (Lipinski definition) is 2. The van der Waals surface area contributed by atoms with Gasteiger partial charge in [0.15, 0.2) is 0 Å². The van der Waals surface area contributed by atoms with Crippen molar-refractivity contribution in [3.63, 3.8) is 0 Å². The molecule has 1 amide bonds. The highest BCUT2D eigenvalue weighted by Gasteiger charge is 2.05. The summed E-state index contributed by atoms with van der Waals surface area (Å²) in [6.07, 6.45) is 1.99. The summed E-state index contributed by atoms with van der Waals surface area (Å²) in [6, 6.07) is 5.76. The van der Waals surface area contributed by atoms with E-state index in [9.17, 15) is 4.79 Å².